The Bertz CT molecular complexity index is 1040. The van der Waals surface area contributed by atoms with Crippen LogP contribution in [0.2, 0.25) is 0 Å². The molecule has 4 N–H and O–H groups in total. The first kappa shape index (κ1) is 20.9. The van der Waals surface area contributed by atoms with Gasteiger partial charge in [-0.15, -0.1) is 0 Å². The molecule has 0 saturated carbocycles. The summed E-state index contributed by atoms with van der Waals surface area (Å²) < 4.78 is 6.38. The van der Waals surface area contributed by atoms with Gasteiger partial charge in [0.25, 0.3) is 5.56 Å². The van der Waals surface area contributed by atoms with Gasteiger partial charge in [0.1, 0.15) is 17.5 Å². The van der Waals surface area contributed by atoms with E-state index in [9.17, 15) is 14.4 Å². The van der Waals surface area contributed by atoms with Crippen molar-refractivity contribution in [2.75, 3.05) is 5.73 Å². The third-order valence-electron chi connectivity index (χ3n) is 4.01. The number of nitrogens with two attached hydrogens (primary N) is 2. The van der Waals surface area contributed by atoms with E-state index in [-0.39, 0.29) is 40.9 Å². The molecule has 2 rings (SSSR count). The van der Waals surface area contributed by atoms with Crippen molar-refractivity contribution in [3.8, 4) is 0 Å². The number of primary amides is 1. The average Bonchev–Trinajstić information content (AvgIpc) is 2.54. The molecule has 2 aromatic rings. The van der Waals surface area contributed by atoms with Crippen molar-refractivity contribution in [1.29, 1.82) is 0 Å². The maximum Gasteiger partial charge on any atom is 0.306 e. The molecule has 0 bridgehead atoms. The molecule has 28 heavy (non-hydrogen) atoms. The molecule has 1 heterocycles. The van der Waals surface area contributed by atoms with Crippen molar-refractivity contribution in [2.24, 2.45) is 5.73 Å². The number of carbonyl (C=O) groups is 2. The molecule has 0 fully saturated rings. The van der Waals surface area contributed by atoms with Crippen LogP contribution in [0, 0.1) is 13.5 Å². The highest BCUT2D eigenvalue weighted by molar-refractivity contribution is 5.93. The number of aromatic nitrogens is 2. The highest BCUT2D eigenvalue weighted by Gasteiger charge is 2.25. The van der Waals surface area contributed by atoms with Gasteiger partial charge < -0.3 is 16.2 Å². The molecule has 0 saturated heterocycles. The van der Waals surface area contributed by atoms with Crippen LogP contribution < -0.4 is 17.0 Å². The van der Waals surface area contributed by atoms with Crippen LogP contribution in [0.15, 0.2) is 16.9 Å². The first-order valence-corrected chi connectivity index (χ1v) is 8.65. The molecule has 148 valence electrons. The summed E-state index contributed by atoms with van der Waals surface area (Å²) in [6.45, 7) is 13.9. The molecular weight excluding hydrogens is 362 g/mol. The van der Waals surface area contributed by atoms with E-state index in [1.165, 1.54) is 12.1 Å². The van der Waals surface area contributed by atoms with Crippen LogP contribution >= 0.6 is 0 Å². The van der Waals surface area contributed by atoms with Crippen molar-refractivity contribution in [3.63, 3.8) is 0 Å². The number of anilines is 1. The van der Waals surface area contributed by atoms with E-state index in [1.54, 1.807) is 27.7 Å². The molecular formula is C19H23N5O4. The van der Waals surface area contributed by atoms with Gasteiger partial charge in [0.15, 0.2) is 5.69 Å². The van der Waals surface area contributed by atoms with E-state index in [0.29, 0.717) is 0 Å². The molecule has 0 aliphatic heterocycles. The van der Waals surface area contributed by atoms with Crippen molar-refractivity contribution in [1.82, 2.24) is 9.55 Å². The third-order valence-corrected chi connectivity index (χ3v) is 4.01. The maximum absolute atomic E-state index is 13.0. The fourth-order valence-corrected chi connectivity index (χ4v) is 2.93. The lowest BCUT2D eigenvalue weighted by atomic mass is 10.1. The summed E-state index contributed by atoms with van der Waals surface area (Å²) in [4.78, 5) is 44.7. The van der Waals surface area contributed by atoms with Gasteiger partial charge in [0, 0.05) is 12.1 Å². The molecule has 1 atom stereocenters. The number of rotatable bonds is 5. The predicted octanol–water partition coefficient (Wildman–Crippen LogP) is 1.99. The Hall–Kier alpha value is -3.41. The summed E-state index contributed by atoms with van der Waals surface area (Å²) in [5, 5.41) is 0.0986. The van der Waals surface area contributed by atoms with Crippen LogP contribution in [0.1, 0.15) is 45.5 Å². The second-order valence-corrected chi connectivity index (χ2v) is 7.42. The zero-order chi connectivity index (χ0) is 21.2. The molecule has 0 aliphatic rings. The number of benzene rings is 1. The SMILES string of the molecule is [C-]#[N+]c1cc(N)c2c(=O)n([C@@H](CCC(=O)OC(C)(C)C)C(N)=O)c(C)nc2c1. The first-order valence-electron chi connectivity index (χ1n) is 8.65. The molecule has 0 aliphatic carbocycles. The normalized spacial score (nSPS) is 12.4. The molecule has 0 radical (unpaired) electrons. The Morgan fingerprint density at radius 1 is 1.36 bits per heavy atom. The lowest BCUT2D eigenvalue weighted by Crippen LogP contribution is -2.36. The van der Waals surface area contributed by atoms with Crippen LogP contribution in [-0.2, 0) is 14.3 Å². The van der Waals surface area contributed by atoms with Crippen LogP contribution in [-0.4, -0.2) is 27.0 Å². The van der Waals surface area contributed by atoms with E-state index in [1.807, 2.05) is 0 Å². The van der Waals surface area contributed by atoms with Gasteiger partial charge in [0.2, 0.25) is 5.91 Å². The fourth-order valence-electron chi connectivity index (χ4n) is 2.93. The first-order chi connectivity index (χ1) is 12.9. The zero-order valence-electron chi connectivity index (χ0n) is 16.3. The second-order valence-electron chi connectivity index (χ2n) is 7.42. The van der Waals surface area contributed by atoms with Gasteiger partial charge in [-0.1, -0.05) is 0 Å². The van der Waals surface area contributed by atoms with Crippen molar-refractivity contribution in [3.05, 3.63) is 39.7 Å². The summed E-state index contributed by atoms with van der Waals surface area (Å²) in [5.41, 5.74) is 10.8. The largest absolute Gasteiger partial charge is 0.460 e. The van der Waals surface area contributed by atoms with Gasteiger partial charge in [-0.05, 0) is 46.2 Å². The highest BCUT2D eigenvalue weighted by atomic mass is 16.6. The molecule has 1 amide bonds. The number of hydrogen-bond donors (Lipinski definition) is 2. The number of esters is 1. The molecule has 0 unspecified atom stereocenters. The fraction of sp³-hybridized carbons (Fsp3) is 0.421. The highest BCUT2D eigenvalue weighted by Crippen LogP contribution is 2.26. The van der Waals surface area contributed by atoms with Gasteiger partial charge in [0.05, 0.1) is 17.5 Å². The van der Waals surface area contributed by atoms with Gasteiger partial charge >= 0.3 is 5.97 Å². The van der Waals surface area contributed by atoms with E-state index < -0.39 is 29.1 Å². The average molecular weight is 385 g/mol. The third kappa shape index (κ3) is 4.46. The molecule has 9 nitrogen and oxygen atoms in total. The predicted molar refractivity (Wildman–Crippen MR) is 105 cm³/mol. The summed E-state index contributed by atoms with van der Waals surface area (Å²) in [6.07, 6.45) is -0.112. The molecule has 1 aromatic carbocycles. The quantitative estimate of drug-likeness (QED) is 0.459. The van der Waals surface area contributed by atoms with Crippen LogP contribution in [0.5, 0.6) is 0 Å². The number of aryl methyl sites for hydroxylation is 1. The topological polar surface area (TPSA) is 135 Å². The summed E-state index contributed by atoms with van der Waals surface area (Å²) >= 11 is 0. The Balaban J connectivity index is 2.49. The standard InChI is InChI=1S/C19H23N5O4/c1-10-23-13-9-11(22-5)8-12(20)16(13)18(27)24(10)14(17(21)26)6-7-15(25)28-19(2,3)4/h8-9,14H,6-7,20H2,1-4H3,(H2,21,26)/t14-/m0/s1. The number of ether oxygens (including phenoxy) is 1. The zero-order valence-corrected chi connectivity index (χ0v) is 16.3. The number of fused-ring (bicyclic) bond motifs is 1. The number of nitrogen functional groups attached to an aromatic ring is 1. The van der Waals surface area contributed by atoms with E-state index in [4.69, 9.17) is 22.8 Å². The lowest BCUT2D eigenvalue weighted by Gasteiger charge is -2.22. The van der Waals surface area contributed by atoms with Gasteiger partial charge in [-0.3, -0.25) is 19.0 Å². The minimum atomic E-state index is -1.09. The van der Waals surface area contributed by atoms with E-state index in [2.05, 4.69) is 9.83 Å². The number of nitrogens with zero attached hydrogens (tertiary/aromatic N) is 3. The summed E-state index contributed by atoms with van der Waals surface area (Å²) in [6, 6.07) is 1.74. The van der Waals surface area contributed by atoms with Gasteiger partial charge in [-0.2, -0.15) is 0 Å². The maximum atomic E-state index is 13.0. The van der Waals surface area contributed by atoms with E-state index >= 15 is 0 Å². The Labute approximate surface area is 162 Å². The van der Waals surface area contributed by atoms with Crippen LogP contribution in [0.25, 0.3) is 15.7 Å². The van der Waals surface area contributed by atoms with Crippen molar-refractivity contribution in [2.45, 2.75) is 52.2 Å². The number of amides is 1. The van der Waals surface area contributed by atoms with Crippen LogP contribution in [0.4, 0.5) is 11.4 Å². The minimum Gasteiger partial charge on any atom is -0.460 e. The Kier molecular flexibility index (Phi) is 5.73. The van der Waals surface area contributed by atoms with Crippen molar-refractivity contribution >= 4 is 34.2 Å². The summed E-state index contributed by atoms with van der Waals surface area (Å²) in [7, 11) is 0. The smallest absolute Gasteiger partial charge is 0.306 e. The minimum absolute atomic E-state index is 0.0157. The Morgan fingerprint density at radius 3 is 2.54 bits per heavy atom. The lowest BCUT2D eigenvalue weighted by molar-refractivity contribution is -0.155. The number of hydrogen-bond acceptors (Lipinski definition) is 6. The Morgan fingerprint density at radius 2 is 2.00 bits per heavy atom. The second kappa shape index (κ2) is 7.68. The molecule has 1 aromatic heterocycles. The molecule has 0 spiro atoms. The van der Waals surface area contributed by atoms with Gasteiger partial charge in [-0.25, -0.2) is 9.83 Å². The monoisotopic (exact) mass is 385 g/mol. The number of carbonyl (C=O) groups excluding carboxylic acids is 2. The van der Waals surface area contributed by atoms with Crippen LogP contribution in [0.3, 0.4) is 0 Å². The van der Waals surface area contributed by atoms with Crippen molar-refractivity contribution < 1.29 is 14.3 Å². The molecule has 9 heteroatoms. The van der Waals surface area contributed by atoms with E-state index in [0.717, 1.165) is 4.57 Å². The summed E-state index contributed by atoms with van der Waals surface area (Å²) in [5.74, 6) is -1.04.